The minimum Gasteiger partial charge on any atom is -0.316 e. The molecule has 1 saturated heterocycles. The molecular weight excluding hydrogens is 306 g/mol. The Bertz CT molecular complexity index is 668. The standard InChI is InChI=1S/C11H12ClN3O4S/c12-9-2-1-6(3-10(9)15(16)17)20(18,19)14-11-7-4-13-5-8(7)11/h1-3,7-8,11,13-14H,4-5H2. The van der Waals surface area contributed by atoms with Crippen molar-refractivity contribution in [1.29, 1.82) is 0 Å². The first-order chi connectivity index (χ1) is 9.40. The van der Waals surface area contributed by atoms with Crippen LogP contribution in [0, 0.1) is 22.0 Å². The Morgan fingerprint density at radius 1 is 1.35 bits per heavy atom. The first-order valence-electron chi connectivity index (χ1n) is 6.07. The molecular formula is C11H12ClN3O4S. The summed E-state index contributed by atoms with van der Waals surface area (Å²) in [5.41, 5.74) is -0.410. The van der Waals surface area contributed by atoms with E-state index in [1.54, 1.807) is 0 Å². The van der Waals surface area contributed by atoms with Crippen molar-refractivity contribution in [2.75, 3.05) is 13.1 Å². The molecule has 2 N–H and O–H groups in total. The molecule has 0 aromatic heterocycles. The quantitative estimate of drug-likeness (QED) is 0.630. The van der Waals surface area contributed by atoms with Gasteiger partial charge < -0.3 is 5.32 Å². The van der Waals surface area contributed by atoms with Crippen molar-refractivity contribution < 1.29 is 13.3 Å². The van der Waals surface area contributed by atoms with E-state index in [0.29, 0.717) is 11.8 Å². The smallest absolute Gasteiger partial charge is 0.289 e. The lowest BCUT2D eigenvalue weighted by Crippen LogP contribution is -2.32. The van der Waals surface area contributed by atoms with Gasteiger partial charge in [-0.3, -0.25) is 10.1 Å². The second-order valence-electron chi connectivity index (χ2n) is 5.00. The number of nitrogens with zero attached hydrogens (tertiary/aromatic N) is 1. The van der Waals surface area contributed by atoms with Gasteiger partial charge in [0.1, 0.15) is 5.02 Å². The van der Waals surface area contributed by atoms with Crippen LogP contribution in [0.1, 0.15) is 0 Å². The van der Waals surface area contributed by atoms with E-state index < -0.39 is 20.6 Å². The Morgan fingerprint density at radius 2 is 2.00 bits per heavy atom. The van der Waals surface area contributed by atoms with E-state index in [9.17, 15) is 18.5 Å². The summed E-state index contributed by atoms with van der Waals surface area (Å²) < 4.78 is 27.0. The van der Waals surface area contributed by atoms with Crippen LogP contribution in [-0.4, -0.2) is 32.5 Å². The van der Waals surface area contributed by atoms with Gasteiger partial charge in [-0.05, 0) is 37.1 Å². The topological polar surface area (TPSA) is 101 Å². The molecule has 1 aliphatic carbocycles. The minimum atomic E-state index is -3.75. The average Bonchev–Trinajstić information content (AvgIpc) is 2.83. The lowest BCUT2D eigenvalue weighted by molar-refractivity contribution is -0.384. The summed E-state index contributed by atoms with van der Waals surface area (Å²) in [4.78, 5) is 9.96. The maximum atomic E-state index is 12.2. The Labute approximate surface area is 120 Å². The van der Waals surface area contributed by atoms with Crippen LogP contribution in [-0.2, 0) is 10.0 Å². The van der Waals surface area contributed by atoms with Gasteiger partial charge in [-0.25, -0.2) is 13.1 Å². The largest absolute Gasteiger partial charge is 0.316 e. The number of hydrogen-bond acceptors (Lipinski definition) is 5. The number of halogens is 1. The first kappa shape index (κ1) is 13.7. The minimum absolute atomic E-state index is 0.0732. The number of fused-ring (bicyclic) bond motifs is 1. The molecule has 108 valence electrons. The predicted molar refractivity (Wildman–Crippen MR) is 72.1 cm³/mol. The highest BCUT2D eigenvalue weighted by atomic mass is 35.5. The molecule has 2 atom stereocenters. The summed E-state index contributed by atoms with van der Waals surface area (Å²) >= 11 is 5.67. The summed E-state index contributed by atoms with van der Waals surface area (Å²) in [5.74, 6) is 0.652. The molecule has 1 heterocycles. The second kappa shape index (κ2) is 4.66. The molecule has 0 spiro atoms. The van der Waals surface area contributed by atoms with Crippen molar-refractivity contribution in [3.63, 3.8) is 0 Å². The average molecular weight is 318 g/mol. The van der Waals surface area contributed by atoms with E-state index in [2.05, 4.69) is 10.0 Å². The van der Waals surface area contributed by atoms with Gasteiger partial charge in [-0.15, -0.1) is 0 Å². The van der Waals surface area contributed by atoms with Crippen LogP contribution in [0.5, 0.6) is 0 Å². The van der Waals surface area contributed by atoms with Gasteiger partial charge in [0.15, 0.2) is 0 Å². The summed E-state index contributed by atoms with van der Waals surface area (Å²) in [6.45, 7) is 1.61. The molecule has 2 aliphatic rings. The zero-order chi connectivity index (χ0) is 14.5. The molecule has 1 aromatic rings. The monoisotopic (exact) mass is 317 g/mol. The Morgan fingerprint density at radius 3 is 2.60 bits per heavy atom. The number of nitro groups is 1. The molecule has 7 nitrogen and oxygen atoms in total. The van der Waals surface area contributed by atoms with Gasteiger partial charge in [-0.2, -0.15) is 0 Å². The normalized spacial score (nSPS) is 28.1. The molecule has 9 heteroatoms. The zero-order valence-corrected chi connectivity index (χ0v) is 11.8. The van der Waals surface area contributed by atoms with Crippen LogP contribution < -0.4 is 10.0 Å². The molecule has 0 bridgehead atoms. The first-order valence-corrected chi connectivity index (χ1v) is 7.93. The summed E-state index contributed by atoms with van der Waals surface area (Å²) in [6, 6.07) is 3.41. The van der Waals surface area contributed by atoms with E-state index in [1.165, 1.54) is 12.1 Å². The van der Waals surface area contributed by atoms with Gasteiger partial charge >= 0.3 is 0 Å². The molecule has 0 amide bonds. The number of rotatable bonds is 4. The molecule has 0 radical (unpaired) electrons. The van der Waals surface area contributed by atoms with Crippen LogP contribution in [0.2, 0.25) is 5.02 Å². The number of hydrogen-bond donors (Lipinski definition) is 2. The van der Waals surface area contributed by atoms with Gasteiger partial charge in [-0.1, -0.05) is 11.6 Å². The van der Waals surface area contributed by atoms with E-state index in [1.807, 2.05) is 0 Å². The number of sulfonamides is 1. The van der Waals surface area contributed by atoms with Crippen molar-refractivity contribution in [3.05, 3.63) is 33.3 Å². The van der Waals surface area contributed by atoms with E-state index >= 15 is 0 Å². The number of benzene rings is 1. The zero-order valence-electron chi connectivity index (χ0n) is 10.2. The fraction of sp³-hybridized carbons (Fsp3) is 0.455. The van der Waals surface area contributed by atoms with Gasteiger partial charge in [0.05, 0.1) is 9.82 Å². The van der Waals surface area contributed by atoms with Crippen LogP contribution >= 0.6 is 11.6 Å². The summed E-state index contributed by atoms with van der Waals surface area (Å²) in [6.07, 6.45) is 0. The Hall–Kier alpha value is -1.22. The molecule has 2 unspecified atom stereocenters. The Kier molecular flexibility index (Phi) is 3.20. The van der Waals surface area contributed by atoms with Gasteiger partial charge in [0.2, 0.25) is 10.0 Å². The van der Waals surface area contributed by atoms with Crippen molar-refractivity contribution in [2.24, 2.45) is 11.8 Å². The molecule has 1 saturated carbocycles. The van der Waals surface area contributed by atoms with Gasteiger partial charge in [0.25, 0.3) is 5.69 Å². The maximum absolute atomic E-state index is 12.2. The lowest BCUT2D eigenvalue weighted by Gasteiger charge is -2.09. The second-order valence-corrected chi connectivity index (χ2v) is 7.12. The van der Waals surface area contributed by atoms with Crippen molar-refractivity contribution >= 4 is 27.3 Å². The highest BCUT2D eigenvalue weighted by Gasteiger charge is 2.54. The third-order valence-electron chi connectivity index (χ3n) is 3.81. The van der Waals surface area contributed by atoms with Crippen LogP contribution in [0.4, 0.5) is 5.69 Å². The molecule has 20 heavy (non-hydrogen) atoms. The van der Waals surface area contributed by atoms with Crippen LogP contribution in [0.25, 0.3) is 0 Å². The van der Waals surface area contributed by atoms with E-state index in [0.717, 1.165) is 19.2 Å². The predicted octanol–water partition coefficient (Wildman–Crippen LogP) is 0.744. The molecule has 1 aromatic carbocycles. The number of nitrogens with one attached hydrogen (secondary N) is 2. The Balaban J connectivity index is 1.84. The van der Waals surface area contributed by atoms with Crippen molar-refractivity contribution in [2.45, 2.75) is 10.9 Å². The van der Waals surface area contributed by atoms with E-state index in [-0.39, 0.29) is 16.0 Å². The summed E-state index contributed by atoms with van der Waals surface area (Å²) in [5, 5.41) is 13.9. The fourth-order valence-electron chi connectivity index (χ4n) is 2.64. The molecule has 3 rings (SSSR count). The van der Waals surface area contributed by atoms with Crippen LogP contribution in [0.3, 0.4) is 0 Å². The SMILES string of the molecule is O=[N+]([O-])c1cc(S(=O)(=O)NC2C3CNCC32)ccc1Cl. The third-order valence-corrected chi connectivity index (χ3v) is 5.58. The molecule has 1 aliphatic heterocycles. The number of piperidine rings is 1. The third kappa shape index (κ3) is 2.28. The van der Waals surface area contributed by atoms with Crippen LogP contribution in [0.15, 0.2) is 23.1 Å². The van der Waals surface area contributed by atoms with E-state index in [4.69, 9.17) is 11.6 Å². The summed E-state index contributed by atoms with van der Waals surface area (Å²) in [7, 11) is -3.75. The molecule has 2 fully saturated rings. The maximum Gasteiger partial charge on any atom is 0.289 e. The number of nitro benzene ring substituents is 1. The highest BCUT2D eigenvalue weighted by Crippen LogP contribution is 2.42. The lowest BCUT2D eigenvalue weighted by atomic mass is 10.3. The van der Waals surface area contributed by atoms with Crippen molar-refractivity contribution in [3.8, 4) is 0 Å². The highest BCUT2D eigenvalue weighted by molar-refractivity contribution is 7.89. The van der Waals surface area contributed by atoms with Crippen molar-refractivity contribution in [1.82, 2.24) is 10.0 Å². The fourth-order valence-corrected chi connectivity index (χ4v) is 4.18. The van der Waals surface area contributed by atoms with Gasteiger partial charge in [0, 0.05) is 12.1 Å².